The Kier molecular flexibility index (Phi) is 53.8. The number of esters is 5. The molecule has 3 aliphatic rings. The topological polar surface area (TPSA) is 486 Å². The van der Waals surface area contributed by atoms with E-state index in [0.717, 1.165) is 29.9 Å². The predicted molar refractivity (Wildman–Crippen MR) is 522 cm³/mol. The van der Waals surface area contributed by atoms with E-state index in [1.807, 2.05) is 97.9 Å². The zero-order chi connectivity index (χ0) is 105. The first kappa shape index (κ1) is 122. The van der Waals surface area contributed by atoms with Gasteiger partial charge in [0.05, 0.1) is 51.4 Å². The molecule has 3 fully saturated rings. The van der Waals surface area contributed by atoms with E-state index in [4.69, 9.17) is 47.4 Å². The number of hydrogen-bond acceptors (Lipinski definition) is 28. The van der Waals surface area contributed by atoms with Crippen molar-refractivity contribution in [3.05, 3.63) is 95.6 Å². The standard InChI is InChI=1S/C52H79N5O13.C44H71N5O13.C4H8O.C2H6/c1-14-33(6)43(54-46(60)44(55-51(65)70-52(8,9)10)34(7)68-50(64)40(56(11)12)28-35-22-24-37(66-13)25-23-35)41(58)29-42(59)69-45(32(4)5)47(61)53-38(27-31(2)3)48(62)57-26-18-21-39(57)49(63)67-30-36-19-16-15-17-20-36;1-13-26(6)35(33(50)23-34(51)61-37(25(4)5)39(53)46-30(21-24(2)3)40(54)49-20-14-15-32(49)41(55)56)47-38(52)36(48-43(58)62-44(8,9)10)27(7)60-42(57)31(45-11)22-28-16-18-29(59-12)19-17-28;1-2-4-5-3-1;1-2/h15-17,19-20,22-25,31-34,38-41,43-45,58H,14,18,21,26-30H2,1-13H3,(H,53,61)(H,54,60)(H,55,65);16-19,24-27,30-33,35-37,45,50H,13-15,20-23H2,1-12H3,(H,46,53)(H,47,52)(H,48,58)(H,55,56);1-4H2;1-2H3/t33-,34+,38-,39-,40-,41-,43+,44-,45-;26-,27+,30-,31-,32-,33-,35+,36-,37-;;/m00../s1. The number of likely N-dealkylation sites (tertiary alicyclic amines) is 2. The number of carbonyl (C=O) groups is 14. The molecule has 10 N–H and O–H groups in total. The van der Waals surface area contributed by atoms with Crippen LogP contribution < -0.4 is 46.7 Å². The van der Waals surface area contributed by atoms with Gasteiger partial charge in [-0.25, -0.2) is 19.2 Å². The maximum atomic E-state index is 14.2. The van der Waals surface area contributed by atoms with E-state index in [-0.39, 0.29) is 50.7 Å². The lowest BCUT2D eigenvalue weighted by Gasteiger charge is -2.33. The number of aliphatic hydroxyl groups excluding tert-OH is 2. The zero-order valence-corrected chi connectivity index (χ0v) is 87.1. The van der Waals surface area contributed by atoms with Crippen LogP contribution in [0.15, 0.2) is 78.9 Å². The Bertz CT molecular complexity index is 4300. The van der Waals surface area contributed by atoms with Gasteiger partial charge >= 0.3 is 48.0 Å². The number of carboxylic acid groups (broad SMARTS) is 1. The highest BCUT2D eigenvalue weighted by Gasteiger charge is 2.45. The van der Waals surface area contributed by atoms with Crippen molar-refractivity contribution in [3.63, 3.8) is 0 Å². The van der Waals surface area contributed by atoms with Crippen molar-refractivity contribution in [2.24, 2.45) is 35.5 Å². The Hall–Kier alpha value is -10.8. The lowest BCUT2D eigenvalue weighted by atomic mass is 9.92. The summed E-state index contributed by atoms with van der Waals surface area (Å²) in [5.74, 6) is -9.91. The summed E-state index contributed by atoms with van der Waals surface area (Å²) in [6.07, 6.45) is -5.42. The van der Waals surface area contributed by atoms with Crippen molar-refractivity contribution in [1.29, 1.82) is 0 Å². The van der Waals surface area contributed by atoms with Gasteiger partial charge in [-0.15, -0.1) is 0 Å². The lowest BCUT2D eigenvalue weighted by molar-refractivity contribution is -0.162. The van der Waals surface area contributed by atoms with Crippen LogP contribution in [0.3, 0.4) is 0 Å². The van der Waals surface area contributed by atoms with E-state index in [9.17, 15) is 82.4 Å². The molecule has 3 aromatic carbocycles. The van der Waals surface area contributed by atoms with E-state index >= 15 is 0 Å². The lowest BCUT2D eigenvalue weighted by Crippen LogP contribution is -2.59. The summed E-state index contributed by atoms with van der Waals surface area (Å²) in [6, 6.07) is 12.8. The number of ether oxygens (including phenoxy) is 10. The quantitative estimate of drug-likeness (QED) is 0.0185. The normalized spacial score (nSPS) is 17.6. The van der Waals surface area contributed by atoms with Crippen LogP contribution in [0.1, 0.15) is 246 Å². The summed E-state index contributed by atoms with van der Waals surface area (Å²) in [5.41, 5.74) is 0.551. The van der Waals surface area contributed by atoms with Gasteiger partial charge in [0.25, 0.3) is 11.8 Å². The molecule has 3 aromatic rings. The fraction of sp³-hybridized carbons (Fsp3) is 0.686. The molecule has 0 aromatic heterocycles. The van der Waals surface area contributed by atoms with Crippen molar-refractivity contribution in [2.75, 3.05) is 61.7 Å². The summed E-state index contributed by atoms with van der Waals surface area (Å²) in [4.78, 5) is 193. The number of aliphatic hydroxyl groups is 2. The van der Waals surface area contributed by atoms with Gasteiger partial charge in [0.15, 0.2) is 12.2 Å². The largest absolute Gasteiger partial charge is 0.497 e. The van der Waals surface area contributed by atoms with Gasteiger partial charge in [0.2, 0.25) is 23.6 Å². The highest BCUT2D eigenvalue weighted by atomic mass is 16.6. The van der Waals surface area contributed by atoms with Gasteiger partial charge in [0, 0.05) is 26.3 Å². The first-order valence-corrected chi connectivity index (χ1v) is 48.9. The molecular weight excluding hydrogens is 1800 g/mol. The average Bonchev–Trinajstić information content (AvgIpc) is 1.80. The smallest absolute Gasteiger partial charge is 0.408 e. The number of nitrogens with zero attached hydrogens (tertiary/aromatic N) is 3. The van der Waals surface area contributed by atoms with Crippen molar-refractivity contribution < 1.29 is 130 Å². The van der Waals surface area contributed by atoms with Crippen LogP contribution in [-0.2, 0) is 115 Å². The Morgan fingerprint density at radius 3 is 1.22 bits per heavy atom. The number of rotatable bonds is 48. The van der Waals surface area contributed by atoms with Crippen LogP contribution in [0.2, 0.25) is 0 Å². The zero-order valence-electron chi connectivity index (χ0n) is 87.1. The van der Waals surface area contributed by atoms with E-state index in [2.05, 4.69) is 37.2 Å². The molecule has 3 aliphatic heterocycles. The Morgan fingerprint density at radius 1 is 0.482 bits per heavy atom. The second-order valence-corrected chi connectivity index (χ2v) is 39.2. The van der Waals surface area contributed by atoms with Crippen molar-refractivity contribution in [2.45, 2.75) is 357 Å². The van der Waals surface area contributed by atoms with Gasteiger partial charge < -0.3 is 110 Å². The fourth-order valence-electron chi connectivity index (χ4n) is 15.5. The fourth-order valence-corrected chi connectivity index (χ4v) is 15.5. The van der Waals surface area contributed by atoms with Crippen molar-refractivity contribution >= 4 is 83.4 Å². The van der Waals surface area contributed by atoms with Gasteiger partial charge in [0.1, 0.15) is 89.9 Å². The first-order valence-electron chi connectivity index (χ1n) is 48.9. The SMILES string of the molecule is C1CCOC1.CC.CC[C@H](C)[C@@H](NC(=O)[C@@H](NC(=O)OC(C)(C)C)[C@@H](C)OC(=O)[C@H](Cc1ccc(OC)cc1)N(C)C)[C@@H](O)CC(=O)O[C@H](C(=O)N[C@@H](CC(C)C)C(=O)N1CCC[C@H]1C(=O)OCc1ccccc1)C(C)C.CC[C@H](C)[C@@H](NC(=O)[C@@H](NC(=O)OC(C)(C)C)[C@@H](C)OC(=O)[C@H](Cc1ccc(OC)cc1)NC)[C@@H](O)CC(=O)O[C@H](C(=O)N[C@@H](CC(C)C)C(=O)N1CCC[C@H]1C(=O)O)C(C)C. The number of nitrogens with one attached hydrogen (secondary N) is 7. The molecule has 0 aliphatic carbocycles. The summed E-state index contributed by atoms with van der Waals surface area (Å²) in [7, 11) is 8.11. The van der Waals surface area contributed by atoms with Crippen molar-refractivity contribution in [3.8, 4) is 11.5 Å². The molecule has 0 unspecified atom stereocenters. The Morgan fingerprint density at radius 2 is 0.871 bits per heavy atom. The van der Waals surface area contributed by atoms with Crippen LogP contribution in [0.4, 0.5) is 9.59 Å². The molecule has 3 heterocycles. The Balaban J connectivity index is 0.000000672. The summed E-state index contributed by atoms with van der Waals surface area (Å²) < 4.78 is 54.8. The molecule has 784 valence electrons. The molecule has 139 heavy (non-hydrogen) atoms. The molecule has 6 rings (SSSR count). The number of aliphatic carboxylic acids is 1. The summed E-state index contributed by atoms with van der Waals surface area (Å²) in [6.45, 7) is 40.6. The molecule has 37 nitrogen and oxygen atoms in total. The third-order valence-electron chi connectivity index (χ3n) is 23.4. The number of likely N-dealkylation sites (N-methyl/N-ethyl adjacent to an activating group) is 2. The number of carbonyl (C=O) groups excluding carboxylic acids is 13. The molecule has 0 saturated carbocycles. The molecule has 0 spiro atoms. The minimum atomic E-state index is -1.55. The number of benzene rings is 3. The van der Waals surface area contributed by atoms with Gasteiger partial charge in [-0.1, -0.05) is 164 Å². The number of hydrogen-bond donors (Lipinski definition) is 10. The average molecular weight is 1960 g/mol. The van der Waals surface area contributed by atoms with E-state index in [1.54, 1.807) is 160 Å². The summed E-state index contributed by atoms with van der Waals surface area (Å²) in [5, 5.41) is 51.7. The summed E-state index contributed by atoms with van der Waals surface area (Å²) >= 11 is 0. The third-order valence-corrected chi connectivity index (χ3v) is 23.4. The van der Waals surface area contributed by atoms with E-state index in [0.29, 0.717) is 56.6 Å². The van der Waals surface area contributed by atoms with Crippen LogP contribution in [0, 0.1) is 35.5 Å². The second-order valence-electron chi connectivity index (χ2n) is 39.2. The van der Waals surface area contributed by atoms with Gasteiger partial charge in [-0.3, -0.25) is 52.8 Å². The van der Waals surface area contributed by atoms with E-state index in [1.165, 1.54) is 36.5 Å². The number of carboxylic acids is 1. The molecule has 18 atom stereocenters. The maximum absolute atomic E-state index is 14.2. The van der Waals surface area contributed by atoms with Crippen LogP contribution in [0.5, 0.6) is 11.5 Å². The Labute approximate surface area is 822 Å². The van der Waals surface area contributed by atoms with Gasteiger partial charge in [-0.05, 0) is 217 Å². The van der Waals surface area contributed by atoms with Crippen LogP contribution in [0.25, 0.3) is 0 Å². The molecule has 37 heteroatoms. The maximum Gasteiger partial charge on any atom is 0.408 e. The molecule has 3 saturated heterocycles. The molecule has 0 radical (unpaired) electrons. The van der Waals surface area contributed by atoms with E-state index < -0.39 is 228 Å². The second kappa shape index (κ2) is 61.1. The molecule has 0 bridgehead atoms. The van der Waals surface area contributed by atoms with Gasteiger partial charge in [-0.2, -0.15) is 0 Å². The minimum Gasteiger partial charge on any atom is -0.497 e. The highest BCUT2D eigenvalue weighted by molar-refractivity contribution is 5.95. The highest BCUT2D eigenvalue weighted by Crippen LogP contribution is 2.28. The monoisotopic (exact) mass is 1960 g/mol. The number of methoxy groups -OCH3 is 2. The molecule has 8 amide bonds. The van der Waals surface area contributed by atoms with Crippen LogP contribution >= 0.6 is 0 Å². The van der Waals surface area contributed by atoms with Crippen molar-refractivity contribution in [1.82, 2.24) is 51.9 Å². The number of alkyl carbamates (subject to hydrolysis) is 2. The first-order chi connectivity index (χ1) is 65.3. The van der Waals surface area contributed by atoms with Crippen LogP contribution in [-0.4, -0.2) is 283 Å². The minimum absolute atomic E-state index is 0.0442. The third kappa shape index (κ3) is 43.1. The predicted octanol–water partition coefficient (Wildman–Crippen LogP) is 10.0. The molecular formula is C102H164N10O27. The number of amides is 8.